The maximum absolute atomic E-state index is 12.5. The highest BCUT2D eigenvalue weighted by atomic mass is 16.5. The number of benzene rings is 2. The smallest absolute Gasteiger partial charge is 0.255 e. The molecular weight excluding hydrogens is 372 g/mol. The molecule has 2 N–H and O–H groups in total. The fraction of sp³-hybridized carbons (Fsp3) is 0.409. The molecule has 0 bridgehead atoms. The lowest BCUT2D eigenvalue weighted by molar-refractivity contribution is 0.0300. The minimum absolute atomic E-state index is 0.244. The van der Waals surface area contributed by atoms with E-state index in [4.69, 9.17) is 14.2 Å². The van der Waals surface area contributed by atoms with Gasteiger partial charge in [-0.05, 0) is 42.3 Å². The first-order chi connectivity index (χ1) is 14.1. The van der Waals surface area contributed by atoms with Crippen molar-refractivity contribution in [3.05, 3.63) is 53.6 Å². The zero-order valence-corrected chi connectivity index (χ0v) is 16.9. The van der Waals surface area contributed by atoms with Gasteiger partial charge in [-0.15, -0.1) is 0 Å². The first-order valence-electron chi connectivity index (χ1n) is 9.72. The third-order valence-corrected chi connectivity index (χ3v) is 5.02. The molecule has 1 aliphatic heterocycles. The van der Waals surface area contributed by atoms with E-state index < -0.39 is 6.10 Å². The molecule has 1 heterocycles. The van der Waals surface area contributed by atoms with Crippen LogP contribution < -0.4 is 14.8 Å². The summed E-state index contributed by atoms with van der Waals surface area (Å²) in [6.45, 7) is 4.17. The summed E-state index contributed by atoms with van der Waals surface area (Å²) >= 11 is 0. The molecule has 1 amide bonds. The Morgan fingerprint density at radius 2 is 1.79 bits per heavy atom. The van der Waals surface area contributed by atoms with Crippen molar-refractivity contribution in [2.45, 2.75) is 12.5 Å². The number of morpholine rings is 1. The van der Waals surface area contributed by atoms with Gasteiger partial charge < -0.3 is 24.6 Å². The minimum Gasteiger partial charge on any atom is -0.493 e. The molecule has 7 heteroatoms. The number of nitrogens with zero attached hydrogens (tertiary/aromatic N) is 1. The van der Waals surface area contributed by atoms with E-state index in [2.05, 4.69) is 10.2 Å². The average molecular weight is 400 g/mol. The second-order valence-electron chi connectivity index (χ2n) is 6.90. The summed E-state index contributed by atoms with van der Waals surface area (Å²) in [7, 11) is 3.08. The number of nitrogens with one attached hydrogen (secondary N) is 1. The van der Waals surface area contributed by atoms with Gasteiger partial charge in [0.15, 0.2) is 11.5 Å². The maximum Gasteiger partial charge on any atom is 0.255 e. The maximum atomic E-state index is 12.5. The van der Waals surface area contributed by atoms with Gasteiger partial charge >= 0.3 is 0 Å². The summed E-state index contributed by atoms with van der Waals surface area (Å²) in [6.07, 6.45) is 0.130. The normalized spacial score (nSPS) is 15.6. The third-order valence-electron chi connectivity index (χ3n) is 5.02. The first-order valence-corrected chi connectivity index (χ1v) is 9.72. The summed E-state index contributed by atoms with van der Waals surface area (Å²) in [5.74, 6) is 0.824. The van der Waals surface area contributed by atoms with Crippen molar-refractivity contribution in [2.24, 2.45) is 0 Å². The molecule has 29 heavy (non-hydrogen) atoms. The molecule has 1 unspecified atom stereocenters. The topological polar surface area (TPSA) is 80.3 Å². The lowest BCUT2D eigenvalue weighted by Gasteiger charge is -2.27. The van der Waals surface area contributed by atoms with Crippen LogP contribution in [0.25, 0.3) is 0 Å². The minimum atomic E-state index is -0.534. The van der Waals surface area contributed by atoms with Crippen LogP contribution in [0.15, 0.2) is 42.5 Å². The van der Waals surface area contributed by atoms with Crippen molar-refractivity contribution in [1.29, 1.82) is 0 Å². The van der Waals surface area contributed by atoms with Gasteiger partial charge in [0.2, 0.25) is 0 Å². The quantitative estimate of drug-likeness (QED) is 0.709. The molecule has 2 aromatic rings. The number of ether oxygens (including phenoxy) is 3. The van der Waals surface area contributed by atoms with E-state index in [0.29, 0.717) is 29.2 Å². The highest BCUT2D eigenvalue weighted by Gasteiger charge is 2.15. The van der Waals surface area contributed by atoms with Crippen molar-refractivity contribution >= 4 is 11.6 Å². The second kappa shape index (κ2) is 10.2. The van der Waals surface area contributed by atoms with Crippen LogP contribution in [-0.2, 0) is 4.74 Å². The standard InChI is InChI=1S/C22H28N2O5/c1-27-20-8-5-17(15-21(20)28-2)22(26)23-18-6-3-16(4-7-18)19(25)9-10-24-11-13-29-14-12-24/h3-8,15,19,25H,9-14H2,1-2H3,(H,23,26). The summed E-state index contributed by atoms with van der Waals surface area (Å²) in [4.78, 5) is 14.8. The Morgan fingerprint density at radius 3 is 2.45 bits per heavy atom. The third kappa shape index (κ3) is 5.69. The van der Waals surface area contributed by atoms with Crippen LogP contribution >= 0.6 is 0 Å². The van der Waals surface area contributed by atoms with E-state index in [1.54, 1.807) is 37.4 Å². The van der Waals surface area contributed by atoms with Gasteiger partial charge in [0.05, 0.1) is 33.5 Å². The van der Waals surface area contributed by atoms with Crippen LogP contribution in [0.1, 0.15) is 28.4 Å². The van der Waals surface area contributed by atoms with Gasteiger partial charge in [0.1, 0.15) is 0 Å². The predicted octanol–water partition coefficient (Wildman–Crippen LogP) is 2.71. The summed E-state index contributed by atoms with van der Waals surface area (Å²) in [5, 5.41) is 13.3. The van der Waals surface area contributed by atoms with E-state index in [-0.39, 0.29) is 5.91 Å². The van der Waals surface area contributed by atoms with Gasteiger partial charge in [0, 0.05) is 30.9 Å². The molecule has 0 saturated carbocycles. The van der Waals surface area contributed by atoms with Crippen LogP contribution in [0.5, 0.6) is 11.5 Å². The van der Waals surface area contributed by atoms with Gasteiger partial charge in [-0.25, -0.2) is 0 Å². The molecule has 1 fully saturated rings. The summed E-state index contributed by atoms with van der Waals surface area (Å²) in [6, 6.07) is 12.3. The fourth-order valence-corrected chi connectivity index (χ4v) is 3.27. The van der Waals surface area contributed by atoms with E-state index in [1.807, 2.05) is 12.1 Å². The Balaban J connectivity index is 1.56. The van der Waals surface area contributed by atoms with Gasteiger partial charge in [0.25, 0.3) is 5.91 Å². The zero-order chi connectivity index (χ0) is 20.6. The Kier molecular flexibility index (Phi) is 7.46. The van der Waals surface area contributed by atoms with Crippen LogP contribution in [0.4, 0.5) is 5.69 Å². The molecule has 156 valence electrons. The number of amides is 1. The summed E-state index contributed by atoms with van der Waals surface area (Å²) in [5.41, 5.74) is 1.97. The number of carbonyl (C=O) groups is 1. The van der Waals surface area contributed by atoms with Crippen molar-refractivity contribution in [1.82, 2.24) is 4.90 Å². The zero-order valence-electron chi connectivity index (χ0n) is 16.9. The highest BCUT2D eigenvalue weighted by Crippen LogP contribution is 2.28. The van der Waals surface area contributed by atoms with E-state index in [9.17, 15) is 9.90 Å². The van der Waals surface area contributed by atoms with Gasteiger partial charge in [-0.1, -0.05) is 12.1 Å². The van der Waals surface area contributed by atoms with Crippen LogP contribution in [0, 0.1) is 0 Å². The predicted molar refractivity (Wildman–Crippen MR) is 111 cm³/mol. The number of hydrogen-bond acceptors (Lipinski definition) is 6. The van der Waals surface area contributed by atoms with E-state index >= 15 is 0 Å². The molecule has 0 aromatic heterocycles. The molecular formula is C22H28N2O5. The van der Waals surface area contributed by atoms with E-state index in [0.717, 1.165) is 38.4 Å². The summed E-state index contributed by atoms with van der Waals surface area (Å²) < 4.78 is 15.8. The molecule has 2 aromatic carbocycles. The molecule has 7 nitrogen and oxygen atoms in total. The van der Waals surface area contributed by atoms with Crippen LogP contribution in [0.2, 0.25) is 0 Å². The lowest BCUT2D eigenvalue weighted by Crippen LogP contribution is -2.37. The number of hydrogen-bond donors (Lipinski definition) is 2. The number of anilines is 1. The van der Waals surface area contributed by atoms with Crippen LogP contribution in [0.3, 0.4) is 0 Å². The highest BCUT2D eigenvalue weighted by molar-refractivity contribution is 6.04. The van der Waals surface area contributed by atoms with Crippen molar-refractivity contribution in [2.75, 3.05) is 52.4 Å². The molecule has 0 radical (unpaired) electrons. The Hall–Kier alpha value is -2.61. The Bertz CT molecular complexity index is 803. The monoisotopic (exact) mass is 400 g/mol. The molecule has 0 spiro atoms. The SMILES string of the molecule is COc1ccc(C(=O)Nc2ccc(C(O)CCN3CCOCC3)cc2)cc1OC. The Labute approximate surface area is 171 Å². The number of rotatable bonds is 8. The molecule has 1 aliphatic rings. The lowest BCUT2D eigenvalue weighted by atomic mass is 10.1. The first kappa shape index (κ1) is 21.1. The number of methoxy groups -OCH3 is 2. The molecule has 0 aliphatic carbocycles. The number of carbonyl (C=O) groups excluding carboxylic acids is 1. The number of aliphatic hydroxyl groups excluding tert-OH is 1. The average Bonchev–Trinajstić information content (AvgIpc) is 2.78. The molecule has 3 rings (SSSR count). The van der Waals surface area contributed by atoms with Crippen molar-refractivity contribution in [3.63, 3.8) is 0 Å². The van der Waals surface area contributed by atoms with Gasteiger partial charge in [-0.2, -0.15) is 0 Å². The molecule has 1 saturated heterocycles. The van der Waals surface area contributed by atoms with Crippen molar-refractivity contribution in [3.8, 4) is 11.5 Å². The fourth-order valence-electron chi connectivity index (χ4n) is 3.27. The Morgan fingerprint density at radius 1 is 1.10 bits per heavy atom. The second-order valence-corrected chi connectivity index (χ2v) is 6.90. The number of aliphatic hydroxyl groups is 1. The van der Waals surface area contributed by atoms with Crippen molar-refractivity contribution < 1.29 is 24.1 Å². The van der Waals surface area contributed by atoms with Crippen LogP contribution in [-0.4, -0.2) is 63.0 Å². The van der Waals surface area contributed by atoms with E-state index in [1.165, 1.54) is 7.11 Å². The van der Waals surface area contributed by atoms with Gasteiger partial charge in [-0.3, -0.25) is 9.69 Å². The molecule has 1 atom stereocenters. The largest absolute Gasteiger partial charge is 0.493 e.